The molecule has 27 heavy (non-hydrogen) atoms. The summed E-state index contributed by atoms with van der Waals surface area (Å²) in [4.78, 5) is 21.9. The number of pyridine rings is 1. The molecule has 2 aromatic rings. The van der Waals surface area contributed by atoms with Gasteiger partial charge in [0.2, 0.25) is 5.82 Å². The largest absolute Gasteiger partial charge is 0.471 e. The van der Waals surface area contributed by atoms with Gasteiger partial charge in [0.15, 0.2) is 0 Å². The maximum absolute atomic E-state index is 12.5. The summed E-state index contributed by atoms with van der Waals surface area (Å²) in [7, 11) is 0. The molecule has 2 aromatic heterocycles. The van der Waals surface area contributed by atoms with E-state index in [1.54, 1.807) is 0 Å². The maximum Gasteiger partial charge on any atom is 0.471 e. The minimum Gasteiger partial charge on any atom is -0.347 e. The van der Waals surface area contributed by atoms with Crippen LogP contribution in [0.3, 0.4) is 0 Å². The van der Waals surface area contributed by atoms with Gasteiger partial charge in [0.1, 0.15) is 5.69 Å². The average molecular weight is 383 g/mol. The van der Waals surface area contributed by atoms with Crippen LogP contribution in [0.4, 0.5) is 13.2 Å². The highest BCUT2D eigenvalue weighted by Gasteiger charge is 2.38. The summed E-state index contributed by atoms with van der Waals surface area (Å²) in [6.45, 7) is 5.88. The van der Waals surface area contributed by atoms with Crippen LogP contribution in [0.25, 0.3) is 11.4 Å². The Labute approximate surface area is 154 Å². The van der Waals surface area contributed by atoms with Crippen molar-refractivity contribution in [1.82, 2.24) is 25.3 Å². The lowest BCUT2D eigenvalue weighted by Gasteiger charge is -2.25. The normalized spacial score (nSPS) is 19.2. The maximum atomic E-state index is 12.5. The molecule has 1 N–H and O–H groups in total. The predicted octanol–water partition coefficient (Wildman–Crippen LogP) is 2.75. The molecule has 1 aliphatic rings. The fraction of sp³-hybridized carbons (Fsp3) is 0.529. The highest BCUT2D eigenvalue weighted by atomic mass is 19.4. The molecule has 146 valence electrons. The Hall–Kier alpha value is -2.49. The van der Waals surface area contributed by atoms with Crippen LogP contribution in [-0.2, 0) is 6.18 Å². The Morgan fingerprint density at radius 1 is 1.44 bits per heavy atom. The molecule has 0 unspecified atom stereocenters. The minimum atomic E-state index is -4.71. The van der Waals surface area contributed by atoms with E-state index in [1.165, 1.54) is 18.3 Å². The molecule has 1 aliphatic heterocycles. The van der Waals surface area contributed by atoms with Crippen LogP contribution >= 0.6 is 0 Å². The number of aromatic nitrogens is 3. The first-order valence-corrected chi connectivity index (χ1v) is 8.66. The number of carbonyl (C=O) groups excluding carboxylic acids is 1. The summed E-state index contributed by atoms with van der Waals surface area (Å²) in [5.41, 5.74) is 0.393. The van der Waals surface area contributed by atoms with E-state index >= 15 is 0 Å². The van der Waals surface area contributed by atoms with Crippen molar-refractivity contribution in [2.75, 3.05) is 13.1 Å². The van der Waals surface area contributed by atoms with Crippen LogP contribution in [0, 0.1) is 0 Å². The first-order chi connectivity index (χ1) is 12.7. The van der Waals surface area contributed by atoms with Gasteiger partial charge in [0, 0.05) is 30.4 Å². The van der Waals surface area contributed by atoms with Gasteiger partial charge < -0.3 is 9.84 Å². The fourth-order valence-electron chi connectivity index (χ4n) is 3.08. The highest BCUT2D eigenvalue weighted by molar-refractivity contribution is 5.92. The van der Waals surface area contributed by atoms with E-state index in [0.717, 1.165) is 25.9 Å². The Morgan fingerprint density at radius 3 is 2.78 bits per heavy atom. The van der Waals surface area contributed by atoms with Gasteiger partial charge in [0.25, 0.3) is 5.91 Å². The molecule has 1 fully saturated rings. The minimum absolute atomic E-state index is 0.0499. The van der Waals surface area contributed by atoms with E-state index in [0.29, 0.717) is 6.04 Å². The second-order valence-electron chi connectivity index (χ2n) is 6.71. The zero-order chi connectivity index (χ0) is 19.6. The molecule has 10 heteroatoms. The van der Waals surface area contributed by atoms with Crippen molar-refractivity contribution in [2.24, 2.45) is 0 Å². The van der Waals surface area contributed by atoms with E-state index in [1.807, 2.05) is 6.92 Å². The van der Waals surface area contributed by atoms with E-state index in [-0.39, 0.29) is 29.0 Å². The molecule has 3 heterocycles. The Kier molecular flexibility index (Phi) is 5.45. The lowest BCUT2D eigenvalue weighted by molar-refractivity contribution is -0.159. The summed E-state index contributed by atoms with van der Waals surface area (Å²) in [6.07, 6.45) is -1.14. The van der Waals surface area contributed by atoms with Gasteiger partial charge in [0.05, 0.1) is 0 Å². The molecule has 0 bridgehead atoms. The molecule has 3 rings (SSSR count). The monoisotopic (exact) mass is 383 g/mol. The second kappa shape index (κ2) is 7.63. The van der Waals surface area contributed by atoms with Gasteiger partial charge in [-0.25, -0.2) is 0 Å². The lowest BCUT2D eigenvalue weighted by Crippen LogP contribution is -2.43. The van der Waals surface area contributed by atoms with Gasteiger partial charge in [-0.15, -0.1) is 0 Å². The summed E-state index contributed by atoms with van der Waals surface area (Å²) in [6, 6.07) is 3.31. The van der Waals surface area contributed by atoms with Crippen molar-refractivity contribution in [3.05, 3.63) is 29.9 Å². The number of alkyl halides is 3. The van der Waals surface area contributed by atoms with Gasteiger partial charge >= 0.3 is 12.1 Å². The van der Waals surface area contributed by atoms with Crippen molar-refractivity contribution in [3.8, 4) is 11.4 Å². The lowest BCUT2D eigenvalue weighted by atomic mass is 10.2. The molecular weight excluding hydrogens is 363 g/mol. The van der Waals surface area contributed by atoms with Crippen LogP contribution in [0.15, 0.2) is 22.9 Å². The molecule has 2 atom stereocenters. The van der Waals surface area contributed by atoms with Gasteiger partial charge in [-0.1, -0.05) is 5.16 Å². The highest BCUT2D eigenvalue weighted by Crippen LogP contribution is 2.29. The average Bonchev–Trinajstić information content (AvgIpc) is 3.24. The number of hydrogen-bond donors (Lipinski definition) is 1. The molecular formula is C17H20F3N5O2. The van der Waals surface area contributed by atoms with E-state index in [2.05, 4.69) is 36.8 Å². The summed E-state index contributed by atoms with van der Waals surface area (Å²) < 4.78 is 41.7. The number of nitrogens with zero attached hydrogens (tertiary/aromatic N) is 4. The van der Waals surface area contributed by atoms with E-state index in [9.17, 15) is 18.0 Å². The van der Waals surface area contributed by atoms with Crippen LogP contribution in [0.1, 0.15) is 43.1 Å². The zero-order valence-corrected chi connectivity index (χ0v) is 15.0. The molecule has 1 amide bonds. The van der Waals surface area contributed by atoms with Crippen molar-refractivity contribution in [2.45, 2.75) is 44.9 Å². The molecule has 7 nitrogen and oxygen atoms in total. The Morgan fingerprint density at radius 2 is 2.22 bits per heavy atom. The molecule has 0 aromatic carbocycles. The van der Waals surface area contributed by atoms with Crippen LogP contribution in [0.2, 0.25) is 0 Å². The Bertz CT molecular complexity index is 791. The predicted molar refractivity (Wildman–Crippen MR) is 89.7 cm³/mol. The van der Waals surface area contributed by atoms with Crippen molar-refractivity contribution in [1.29, 1.82) is 0 Å². The molecule has 0 aliphatic carbocycles. The third kappa shape index (κ3) is 4.62. The van der Waals surface area contributed by atoms with Crippen molar-refractivity contribution >= 4 is 5.91 Å². The third-order valence-electron chi connectivity index (χ3n) is 4.50. The smallest absolute Gasteiger partial charge is 0.347 e. The van der Waals surface area contributed by atoms with Gasteiger partial charge in [-0.3, -0.25) is 14.7 Å². The standard InChI is InChI=1S/C17H20F3N5O2/c1-10(9-25-7-3-4-11(25)2)22-15(26)13-6-5-12(8-21-13)14-23-16(27-24-14)17(18,19)20/h5-6,8,10-11H,3-4,7,9H2,1-2H3,(H,22,26)/t10-,11+/m1/s1. The fourth-order valence-corrected chi connectivity index (χ4v) is 3.08. The first-order valence-electron chi connectivity index (χ1n) is 8.66. The van der Waals surface area contributed by atoms with Crippen LogP contribution in [0.5, 0.6) is 0 Å². The summed E-state index contributed by atoms with van der Waals surface area (Å²) in [5, 5.41) is 6.17. The van der Waals surface area contributed by atoms with Gasteiger partial charge in [-0.2, -0.15) is 18.2 Å². The molecule has 1 saturated heterocycles. The van der Waals surface area contributed by atoms with Gasteiger partial charge in [-0.05, 0) is 45.4 Å². The number of halogens is 3. The van der Waals surface area contributed by atoms with Crippen LogP contribution in [-0.4, -0.2) is 51.1 Å². The molecule has 0 radical (unpaired) electrons. The zero-order valence-electron chi connectivity index (χ0n) is 15.0. The van der Waals surface area contributed by atoms with Crippen molar-refractivity contribution in [3.63, 3.8) is 0 Å². The summed E-state index contributed by atoms with van der Waals surface area (Å²) >= 11 is 0. The topological polar surface area (TPSA) is 84.2 Å². The van der Waals surface area contributed by atoms with E-state index < -0.39 is 12.1 Å². The summed E-state index contributed by atoms with van der Waals surface area (Å²) in [5.74, 6) is -2.01. The number of amides is 1. The number of nitrogens with one attached hydrogen (secondary N) is 1. The quantitative estimate of drug-likeness (QED) is 0.855. The van der Waals surface area contributed by atoms with Crippen molar-refractivity contribution < 1.29 is 22.5 Å². The number of hydrogen-bond acceptors (Lipinski definition) is 6. The Balaban J connectivity index is 1.61. The van der Waals surface area contributed by atoms with Crippen LogP contribution < -0.4 is 5.32 Å². The number of carbonyl (C=O) groups is 1. The second-order valence-corrected chi connectivity index (χ2v) is 6.71. The molecule has 0 saturated carbocycles. The number of rotatable bonds is 5. The third-order valence-corrected chi connectivity index (χ3v) is 4.50. The molecule has 0 spiro atoms. The SMILES string of the molecule is C[C@H](CN1CCC[C@@H]1C)NC(=O)c1ccc(-c2noc(C(F)(F)F)n2)cn1. The first kappa shape index (κ1) is 19.3. The van der Waals surface area contributed by atoms with E-state index in [4.69, 9.17) is 0 Å². The number of likely N-dealkylation sites (tertiary alicyclic amines) is 1.